The SMILES string of the molecule is Cc1ccc(S(=O)(=O)NN=C(c2ccccc2)c2ccccc2Br)cc1. The first-order valence-corrected chi connectivity index (χ1v) is 10.2. The number of nitrogens with zero attached hydrogens (tertiary/aromatic N) is 1. The van der Waals surface area contributed by atoms with Gasteiger partial charge in [-0.05, 0) is 25.1 Å². The maximum Gasteiger partial charge on any atom is 0.276 e. The molecule has 0 aliphatic heterocycles. The van der Waals surface area contributed by atoms with Gasteiger partial charge in [0.25, 0.3) is 10.0 Å². The second kappa shape index (κ2) is 7.85. The Hall–Kier alpha value is -2.44. The van der Waals surface area contributed by atoms with Gasteiger partial charge in [-0.15, -0.1) is 0 Å². The van der Waals surface area contributed by atoms with Crippen molar-refractivity contribution in [3.05, 3.63) is 100 Å². The van der Waals surface area contributed by atoms with Gasteiger partial charge in [-0.1, -0.05) is 82.2 Å². The normalized spacial score (nSPS) is 12.0. The Morgan fingerprint density at radius 3 is 2.15 bits per heavy atom. The molecule has 0 heterocycles. The van der Waals surface area contributed by atoms with E-state index in [1.807, 2.05) is 61.5 Å². The fraction of sp³-hybridized carbons (Fsp3) is 0.0500. The van der Waals surface area contributed by atoms with E-state index in [0.29, 0.717) is 5.71 Å². The van der Waals surface area contributed by atoms with E-state index in [4.69, 9.17) is 0 Å². The minimum Gasteiger partial charge on any atom is -0.200 e. The van der Waals surface area contributed by atoms with Crippen LogP contribution in [-0.2, 0) is 10.0 Å². The van der Waals surface area contributed by atoms with Gasteiger partial charge in [-0.2, -0.15) is 18.4 Å². The largest absolute Gasteiger partial charge is 0.276 e. The maximum absolute atomic E-state index is 12.6. The van der Waals surface area contributed by atoms with Crippen molar-refractivity contribution in [1.29, 1.82) is 0 Å². The zero-order valence-electron chi connectivity index (χ0n) is 14.1. The van der Waals surface area contributed by atoms with Gasteiger partial charge in [0.05, 0.1) is 10.6 Å². The highest BCUT2D eigenvalue weighted by atomic mass is 79.9. The lowest BCUT2D eigenvalue weighted by Gasteiger charge is -2.11. The summed E-state index contributed by atoms with van der Waals surface area (Å²) in [6.45, 7) is 1.91. The van der Waals surface area contributed by atoms with Crippen LogP contribution in [0.25, 0.3) is 0 Å². The molecule has 0 spiro atoms. The lowest BCUT2D eigenvalue weighted by Crippen LogP contribution is -2.21. The molecular weight excluding hydrogens is 412 g/mol. The summed E-state index contributed by atoms with van der Waals surface area (Å²) in [6, 6.07) is 23.6. The third kappa shape index (κ3) is 4.20. The number of nitrogens with one attached hydrogen (secondary N) is 1. The number of sulfonamides is 1. The number of hydrazone groups is 1. The van der Waals surface area contributed by atoms with Gasteiger partial charge in [-0.3, -0.25) is 0 Å². The van der Waals surface area contributed by atoms with Crippen molar-refractivity contribution in [2.75, 3.05) is 0 Å². The highest BCUT2D eigenvalue weighted by Gasteiger charge is 2.15. The zero-order chi connectivity index (χ0) is 18.6. The molecule has 3 aromatic carbocycles. The van der Waals surface area contributed by atoms with Crippen LogP contribution in [0.5, 0.6) is 0 Å². The quantitative estimate of drug-likeness (QED) is 0.480. The van der Waals surface area contributed by atoms with E-state index < -0.39 is 10.0 Å². The van der Waals surface area contributed by atoms with Crippen LogP contribution in [0.3, 0.4) is 0 Å². The Morgan fingerprint density at radius 1 is 0.885 bits per heavy atom. The maximum atomic E-state index is 12.6. The molecule has 0 amide bonds. The molecule has 0 radical (unpaired) electrons. The van der Waals surface area contributed by atoms with Gasteiger partial charge in [0, 0.05) is 15.6 Å². The van der Waals surface area contributed by atoms with Crippen LogP contribution in [0.2, 0.25) is 0 Å². The lowest BCUT2D eigenvalue weighted by atomic mass is 10.0. The standard InChI is InChI=1S/C20H17BrN2O2S/c1-15-11-13-17(14-12-15)26(24,25)23-22-20(16-7-3-2-4-8-16)18-9-5-6-10-19(18)21/h2-14,23H,1H3. The topological polar surface area (TPSA) is 58.5 Å². The molecule has 4 nitrogen and oxygen atoms in total. The molecule has 0 aromatic heterocycles. The summed E-state index contributed by atoms with van der Waals surface area (Å²) in [5, 5.41) is 4.24. The predicted molar refractivity (Wildman–Crippen MR) is 108 cm³/mol. The van der Waals surface area contributed by atoms with Crippen molar-refractivity contribution >= 4 is 31.7 Å². The highest BCUT2D eigenvalue weighted by molar-refractivity contribution is 9.10. The zero-order valence-corrected chi connectivity index (χ0v) is 16.5. The lowest BCUT2D eigenvalue weighted by molar-refractivity contribution is 0.584. The fourth-order valence-electron chi connectivity index (χ4n) is 2.41. The summed E-state index contributed by atoms with van der Waals surface area (Å²) in [6.07, 6.45) is 0. The van der Waals surface area contributed by atoms with Crippen LogP contribution < -0.4 is 4.83 Å². The number of aryl methyl sites for hydroxylation is 1. The van der Waals surface area contributed by atoms with Crippen LogP contribution >= 0.6 is 15.9 Å². The molecule has 0 aliphatic rings. The first-order valence-electron chi connectivity index (χ1n) is 7.94. The summed E-state index contributed by atoms with van der Waals surface area (Å²) in [5.41, 5.74) is 3.13. The van der Waals surface area contributed by atoms with Crippen LogP contribution in [0.4, 0.5) is 0 Å². The molecule has 3 aromatic rings. The van der Waals surface area contributed by atoms with E-state index in [1.165, 1.54) is 0 Å². The molecule has 0 saturated heterocycles. The molecule has 1 N–H and O–H groups in total. The summed E-state index contributed by atoms with van der Waals surface area (Å²) < 4.78 is 26.0. The van der Waals surface area contributed by atoms with Gasteiger partial charge in [0.1, 0.15) is 0 Å². The predicted octanol–water partition coefficient (Wildman–Crippen LogP) is 4.49. The molecule has 0 atom stereocenters. The van der Waals surface area contributed by atoms with E-state index in [1.54, 1.807) is 24.3 Å². The molecule has 0 unspecified atom stereocenters. The van der Waals surface area contributed by atoms with Crippen LogP contribution in [-0.4, -0.2) is 14.1 Å². The third-order valence-corrected chi connectivity index (χ3v) is 5.70. The van der Waals surface area contributed by atoms with Gasteiger partial charge < -0.3 is 0 Å². The van der Waals surface area contributed by atoms with E-state index >= 15 is 0 Å². The summed E-state index contributed by atoms with van der Waals surface area (Å²) in [7, 11) is -3.75. The number of halogens is 1. The van der Waals surface area contributed by atoms with Crippen LogP contribution in [0.15, 0.2) is 93.3 Å². The first-order chi connectivity index (χ1) is 12.5. The Morgan fingerprint density at radius 2 is 1.50 bits per heavy atom. The summed E-state index contributed by atoms with van der Waals surface area (Å²) in [4.78, 5) is 2.53. The van der Waals surface area contributed by atoms with Crippen molar-refractivity contribution in [3.63, 3.8) is 0 Å². The van der Waals surface area contributed by atoms with Gasteiger partial charge in [0.15, 0.2) is 0 Å². The molecule has 132 valence electrons. The number of rotatable bonds is 5. The Labute approximate surface area is 161 Å². The van der Waals surface area contributed by atoms with Crippen molar-refractivity contribution in [3.8, 4) is 0 Å². The van der Waals surface area contributed by atoms with E-state index in [0.717, 1.165) is 21.2 Å². The Bertz CT molecular complexity index is 1030. The highest BCUT2D eigenvalue weighted by Crippen LogP contribution is 2.20. The van der Waals surface area contributed by atoms with Crippen LogP contribution in [0.1, 0.15) is 16.7 Å². The van der Waals surface area contributed by atoms with Crippen LogP contribution in [0, 0.1) is 6.92 Å². The minimum atomic E-state index is -3.75. The fourth-order valence-corrected chi connectivity index (χ4v) is 3.69. The summed E-state index contributed by atoms with van der Waals surface area (Å²) in [5.74, 6) is 0. The Balaban J connectivity index is 2.02. The molecule has 0 saturated carbocycles. The number of hydrogen-bond acceptors (Lipinski definition) is 3. The molecule has 26 heavy (non-hydrogen) atoms. The molecule has 0 aliphatic carbocycles. The molecule has 0 fully saturated rings. The van der Waals surface area contributed by atoms with Gasteiger partial charge in [0.2, 0.25) is 0 Å². The third-order valence-electron chi connectivity index (χ3n) is 3.79. The molecule has 0 bridgehead atoms. The van der Waals surface area contributed by atoms with E-state index in [2.05, 4.69) is 25.9 Å². The Kier molecular flexibility index (Phi) is 5.54. The molecular formula is C20H17BrN2O2S. The van der Waals surface area contributed by atoms with E-state index in [9.17, 15) is 8.42 Å². The van der Waals surface area contributed by atoms with Crippen molar-refractivity contribution in [1.82, 2.24) is 4.83 Å². The smallest absolute Gasteiger partial charge is 0.200 e. The van der Waals surface area contributed by atoms with Crippen molar-refractivity contribution in [2.45, 2.75) is 11.8 Å². The molecule has 3 rings (SSSR count). The van der Waals surface area contributed by atoms with E-state index in [-0.39, 0.29) is 4.90 Å². The van der Waals surface area contributed by atoms with Crippen molar-refractivity contribution < 1.29 is 8.42 Å². The average molecular weight is 429 g/mol. The summed E-state index contributed by atoms with van der Waals surface area (Å²) >= 11 is 3.51. The first kappa shape index (κ1) is 18.4. The average Bonchev–Trinajstić information content (AvgIpc) is 2.64. The monoisotopic (exact) mass is 428 g/mol. The van der Waals surface area contributed by atoms with Gasteiger partial charge in [-0.25, -0.2) is 0 Å². The second-order valence-corrected chi connectivity index (χ2v) is 8.23. The minimum absolute atomic E-state index is 0.173. The number of benzene rings is 3. The van der Waals surface area contributed by atoms with Gasteiger partial charge >= 0.3 is 0 Å². The van der Waals surface area contributed by atoms with Crippen molar-refractivity contribution in [2.24, 2.45) is 5.10 Å². The second-order valence-electron chi connectivity index (χ2n) is 5.71. The molecule has 6 heteroatoms. The number of hydrogen-bond donors (Lipinski definition) is 1.